The number of Topliss-reactive ketones (excluding diaryl/α,β-unsaturated/α-hetero) is 1. The molecule has 0 fully saturated rings. The summed E-state index contributed by atoms with van der Waals surface area (Å²) in [5, 5.41) is 4.08. The van der Waals surface area contributed by atoms with Gasteiger partial charge in [-0.2, -0.15) is 5.10 Å². The first-order valence-corrected chi connectivity index (χ1v) is 5.46. The average molecular weight is 209 g/mol. The summed E-state index contributed by atoms with van der Waals surface area (Å²) in [5.41, 5.74) is 6.27. The number of rotatable bonds is 6. The van der Waals surface area contributed by atoms with Crippen LogP contribution in [-0.4, -0.2) is 22.1 Å². The molecule has 84 valence electrons. The molecule has 0 radical (unpaired) electrons. The number of nitrogens with zero attached hydrogens (tertiary/aromatic N) is 2. The van der Waals surface area contributed by atoms with E-state index in [1.165, 1.54) is 0 Å². The lowest BCUT2D eigenvalue weighted by Crippen LogP contribution is -2.17. The highest BCUT2D eigenvalue weighted by molar-refractivity contribution is 5.95. The standard InChI is InChI=1S/C11H19N3O/c1-3-9(6-12)5-11(15)10-7-13-14(4-2)8-10/h7-9H,3-6,12H2,1-2H3. The molecule has 4 heteroatoms. The van der Waals surface area contributed by atoms with Gasteiger partial charge in [0.25, 0.3) is 0 Å². The topological polar surface area (TPSA) is 60.9 Å². The summed E-state index contributed by atoms with van der Waals surface area (Å²) >= 11 is 0. The van der Waals surface area contributed by atoms with E-state index in [2.05, 4.69) is 12.0 Å². The molecule has 0 bridgehead atoms. The van der Waals surface area contributed by atoms with Crippen molar-refractivity contribution in [3.05, 3.63) is 18.0 Å². The Bertz CT molecular complexity index is 315. The monoisotopic (exact) mass is 209 g/mol. The smallest absolute Gasteiger partial charge is 0.166 e. The minimum absolute atomic E-state index is 0.145. The molecule has 1 aromatic rings. The molecule has 1 heterocycles. The van der Waals surface area contributed by atoms with Gasteiger partial charge in [0.05, 0.1) is 11.8 Å². The van der Waals surface area contributed by atoms with Gasteiger partial charge in [-0.05, 0) is 19.4 Å². The molecule has 1 aromatic heterocycles. The van der Waals surface area contributed by atoms with Gasteiger partial charge < -0.3 is 5.73 Å². The van der Waals surface area contributed by atoms with Crippen LogP contribution in [0, 0.1) is 5.92 Å². The highest BCUT2D eigenvalue weighted by Gasteiger charge is 2.13. The summed E-state index contributed by atoms with van der Waals surface area (Å²) in [6, 6.07) is 0. The van der Waals surface area contributed by atoms with Gasteiger partial charge >= 0.3 is 0 Å². The first-order chi connectivity index (χ1) is 7.21. The van der Waals surface area contributed by atoms with Gasteiger partial charge in [-0.1, -0.05) is 13.3 Å². The molecule has 0 spiro atoms. The van der Waals surface area contributed by atoms with Crippen LogP contribution in [0.1, 0.15) is 37.0 Å². The molecule has 1 rings (SSSR count). The predicted molar refractivity (Wildman–Crippen MR) is 59.7 cm³/mol. The Balaban J connectivity index is 2.60. The number of hydrogen-bond donors (Lipinski definition) is 1. The van der Waals surface area contributed by atoms with E-state index in [4.69, 9.17) is 5.73 Å². The van der Waals surface area contributed by atoms with E-state index in [1.807, 2.05) is 6.92 Å². The van der Waals surface area contributed by atoms with E-state index in [9.17, 15) is 4.79 Å². The van der Waals surface area contributed by atoms with Gasteiger partial charge in [0.1, 0.15) is 0 Å². The SMILES string of the molecule is CCC(CN)CC(=O)c1cnn(CC)c1. The Labute approximate surface area is 90.5 Å². The number of ketones is 1. The molecule has 1 atom stereocenters. The zero-order chi connectivity index (χ0) is 11.3. The summed E-state index contributed by atoms with van der Waals surface area (Å²) in [7, 11) is 0. The fourth-order valence-corrected chi connectivity index (χ4v) is 1.45. The van der Waals surface area contributed by atoms with Crippen molar-refractivity contribution in [2.24, 2.45) is 11.7 Å². The molecular formula is C11H19N3O. The van der Waals surface area contributed by atoms with Crippen LogP contribution < -0.4 is 5.73 Å². The van der Waals surface area contributed by atoms with Crippen LogP contribution in [0.5, 0.6) is 0 Å². The van der Waals surface area contributed by atoms with E-state index in [1.54, 1.807) is 17.1 Å². The molecule has 0 aromatic carbocycles. The number of aromatic nitrogens is 2. The summed E-state index contributed by atoms with van der Waals surface area (Å²) < 4.78 is 1.76. The van der Waals surface area contributed by atoms with Crippen LogP contribution in [0.25, 0.3) is 0 Å². The van der Waals surface area contributed by atoms with E-state index >= 15 is 0 Å². The zero-order valence-corrected chi connectivity index (χ0v) is 9.44. The molecule has 2 N–H and O–H groups in total. The largest absolute Gasteiger partial charge is 0.330 e. The Morgan fingerprint density at radius 2 is 2.33 bits per heavy atom. The lowest BCUT2D eigenvalue weighted by Gasteiger charge is -2.09. The molecule has 15 heavy (non-hydrogen) atoms. The van der Waals surface area contributed by atoms with E-state index < -0.39 is 0 Å². The maximum atomic E-state index is 11.8. The first-order valence-electron chi connectivity index (χ1n) is 5.46. The predicted octanol–water partition coefficient (Wildman–Crippen LogP) is 1.46. The third kappa shape index (κ3) is 3.16. The van der Waals surface area contributed by atoms with Gasteiger partial charge in [-0.3, -0.25) is 9.48 Å². The minimum Gasteiger partial charge on any atom is -0.330 e. The lowest BCUT2D eigenvalue weighted by molar-refractivity contribution is 0.0961. The maximum Gasteiger partial charge on any atom is 0.166 e. The zero-order valence-electron chi connectivity index (χ0n) is 9.44. The van der Waals surface area contributed by atoms with Crippen molar-refractivity contribution in [2.75, 3.05) is 6.54 Å². The number of carbonyl (C=O) groups excluding carboxylic acids is 1. The quantitative estimate of drug-likeness (QED) is 0.721. The third-order valence-corrected chi connectivity index (χ3v) is 2.66. The maximum absolute atomic E-state index is 11.8. The fourth-order valence-electron chi connectivity index (χ4n) is 1.45. The molecule has 0 saturated heterocycles. The first kappa shape index (κ1) is 11.9. The number of aryl methyl sites for hydroxylation is 1. The van der Waals surface area contributed by atoms with Crippen LogP contribution in [0.3, 0.4) is 0 Å². The number of nitrogens with two attached hydrogens (primary N) is 1. The van der Waals surface area contributed by atoms with E-state index in [0.717, 1.165) is 13.0 Å². The Morgan fingerprint density at radius 1 is 1.60 bits per heavy atom. The van der Waals surface area contributed by atoms with Crippen LogP contribution >= 0.6 is 0 Å². The second-order valence-electron chi connectivity index (χ2n) is 3.72. The summed E-state index contributed by atoms with van der Waals surface area (Å²) in [4.78, 5) is 11.8. The Hall–Kier alpha value is -1.16. The van der Waals surface area contributed by atoms with Gasteiger partial charge in [0.15, 0.2) is 5.78 Å². The average Bonchev–Trinajstić information content (AvgIpc) is 2.74. The van der Waals surface area contributed by atoms with Gasteiger partial charge in [0, 0.05) is 19.2 Å². The van der Waals surface area contributed by atoms with Crippen LogP contribution in [0.2, 0.25) is 0 Å². The second-order valence-corrected chi connectivity index (χ2v) is 3.72. The van der Waals surface area contributed by atoms with Gasteiger partial charge in [-0.15, -0.1) is 0 Å². The summed E-state index contributed by atoms with van der Waals surface area (Å²) in [5.74, 6) is 0.439. The molecule has 4 nitrogen and oxygen atoms in total. The van der Waals surface area contributed by atoms with Gasteiger partial charge in [-0.25, -0.2) is 0 Å². The summed E-state index contributed by atoms with van der Waals surface area (Å²) in [6.07, 6.45) is 4.91. The second kappa shape index (κ2) is 5.66. The van der Waals surface area contributed by atoms with Crippen molar-refractivity contribution in [1.82, 2.24) is 9.78 Å². The Morgan fingerprint density at radius 3 is 2.80 bits per heavy atom. The van der Waals surface area contributed by atoms with Crippen LogP contribution in [0.4, 0.5) is 0 Å². The van der Waals surface area contributed by atoms with Crippen molar-refractivity contribution < 1.29 is 4.79 Å². The van der Waals surface area contributed by atoms with Crippen LogP contribution in [-0.2, 0) is 6.54 Å². The number of hydrogen-bond acceptors (Lipinski definition) is 3. The molecule has 0 amide bonds. The van der Waals surface area contributed by atoms with Crippen molar-refractivity contribution in [2.45, 2.75) is 33.2 Å². The Kier molecular flexibility index (Phi) is 4.49. The third-order valence-electron chi connectivity index (χ3n) is 2.66. The summed E-state index contributed by atoms with van der Waals surface area (Å²) in [6.45, 7) is 5.42. The molecule has 1 unspecified atom stereocenters. The molecule has 0 saturated carbocycles. The molecule has 0 aliphatic carbocycles. The van der Waals surface area contributed by atoms with Crippen molar-refractivity contribution in [3.63, 3.8) is 0 Å². The number of carbonyl (C=O) groups is 1. The molecule has 0 aliphatic heterocycles. The van der Waals surface area contributed by atoms with E-state index in [0.29, 0.717) is 24.4 Å². The van der Waals surface area contributed by atoms with Crippen molar-refractivity contribution >= 4 is 5.78 Å². The minimum atomic E-state index is 0.145. The van der Waals surface area contributed by atoms with Crippen molar-refractivity contribution in [3.8, 4) is 0 Å². The highest BCUT2D eigenvalue weighted by Crippen LogP contribution is 2.11. The lowest BCUT2D eigenvalue weighted by atomic mass is 9.98. The normalized spacial score (nSPS) is 12.7. The van der Waals surface area contributed by atoms with E-state index in [-0.39, 0.29) is 5.78 Å². The van der Waals surface area contributed by atoms with Crippen molar-refractivity contribution in [1.29, 1.82) is 0 Å². The molecular weight excluding hydrogens is 190 g/mol. The van der Waals surface area contributed by atoms with Crippen LogP contribution in [0.15, 0.2) is 12.4 Å². The molecule has 0 aliphatic rings. The van der Waals surface area contributed by atoms with Gasteiger partial charge in [0.2, 0.25) is 0 Å². The highest BCUT2D eigenvalue weighted by atomic mass is 16.1. The fraction of sp³-hybridized carbons (Fsp3) is 0.636.